The van der Waals surface area contributed by atoms with Crippen LogP contribution < -0.4 is 24.4 Å². The molecule has 0 aliphatic heterocycles. The third-order valence-corrected chi connectivity index (χ3v) is 7.52. The van der Waals surface area contributed by atoms with Crippen molar-refractivity contribution in [2.24, 2.45) is 0 Å². The zero-order chi connectivity index (χ0) is 27.0. The van der Waals surface area contributed by atoms with Crippen molar-refractivity contribution in [1.82, 2.24) is 5.32 Å². The van der Waals surface area contributed by atoms with E-state index in [0.717, 1.165) is 17.1 Å². The Kier molecular flexibility index (Phi) is 9.13. The molecule has 0 radical (unpaired) electrons. The second-order valence-corrected chi connectivity index (χ2v) is 10.1. The van der Waals surface area contributed by atoms with Gasteiger partial charge in [-0.3, -0.25) is 13.9 Å². The van der Waals surface area contributed by atoms with Crippen LogP contribution in [-0.2, 0) is 10.0 Å². The van der Waals surface area contributed by atoms with Gasteiger partial charge in [0.25, 0.3) is 21.8 Å². The minimum atomic E-state index is -3.90. The molecule has 0 spiro atoms. The Bertz CT molecular complexity index is 1360. The monoisotopic (exact) mass is 525 g/mol. The molecule has 0 saturated heterocycles. The summed E-state index contributed by atoms with van der Waals surface area (Å²) in [6.45, 7) is 2.59. The van der Waals surface area contributed by atoms with Crippen molar-refractivity contribution in [3.05, 3.63) is 77.9 Å². The zero-order valence-corrected chi connectivity index (χ0v) is 22.1. The fourth-order valence-electron chi connectivity index (χ4n) is 3.56. The van der Waals surface area contributed by atoms with Crippen LogP contribution in [0, 0.1) is 0 Å². The van der Waals surface area contributed by atoms with Gasteiger partial charge in [-0.15, -0.1) is 0 Å². The number of methoxy groups -OCH3 is 2. The van der Waals surface area contributed by atoms with Crippen molar-refractivity contribution < 1.29 is 27.5 Å². The molecule has 10 heteroatoms. The molecule has 0 aliphatic carbocycles. The highest BCUT2D eigenvalue weighted by molar-refractivity contribution is 7.92. The van der Waals surface area contributed by atoms with Crippen LogP contribution in [-0.4, -0.2) is 48.0 Å². The van der Waals surface area contributed by atoms with Crippen LogP contribution in [0.3, 0.4) is 0 Å². The molecule has 2 amide bonds. The molecule has 196 valence electrons. The van der Waals surface area contributed by atoms with Crippen molar-refractivity contribution in [1.29, 1.82) is 0 Å². The van der Waals surface area contributed by atoms with Gasteiger partial charge < -0.3 is 20.1 Å². The van der Waals surface area contributed by atoms with Crippen LogP contribution in [0.4, 0.5) is 11.4 Å². The molecule has 2 N–H and O–H groups in total. The second kappa shape index (κ2) is 12.3. The van der Waals surface area contributed by atoms with Crippen LogP contribution in [0.5, 0.6) is 11.5 Å². The van der Waals surface area contributed by atoms with Gasteiger partial charge in [0, 0.05) is 25.2 Å². The topological polar surface area (TPSA) is 114 Å². The lowest BCUT2D eigenvalue weighted by atomic mass is 10.1. The highest BCUT2D eigenvalue weighted by Crippen LogP contribution is 2.31. The Labute approximate surface area is 217 Å². The number of carbonyl (C=O) groups excluding carboxylic acids is 2. The number of hydrogen-bond acceptors (Lipinski definition) is 6. The highest BCUT2D eigenvalue weighted by Gasteiger charge is 2.23. The van der Waals surface area contributed by atoms with Crippen LogP contribution in [0.1, 0.15) is 40.5 Å². The molecule has 0 aliphatic rings. The molecule has 3 rings (SSSR count). The van der Waals surface area contributed by atoms with E-state index in [1.807, 2.05) is 6.92 Å². The fourth-order valence-corrected chi connectivity index (χ4v) is 4.77. The summed E-state index contributed by atoms with van der Waals surface area (Å²) in [6.07, 6.45) is 1.82. The van der Waals surface area contributed by atoms with E-state index < -0.39 is 15.9 Å². The number of amides is 2. The number of nitrogens with zero attached hydrogens (tertiary/aromatic N) is 1. The van der Waals surface area contributed by atoms with E-state index in [2.05, 4.69) is 10.6 Å². The Hall–Kier alpha value is -4.05. The first-order valence-corrected chi connectivity index (χ1v) is 13.2. The molecule has 0 fully saturated rings. The number of anilines is 2. The Morgan fingerprint density at radius 2 is 1.57 bits per heavy atom. The molecule has 0 aromatic heterocycles. The van der Waals surface area contributed by atoms with E-state index in [9.17, 15) is 18.0 Å². The van der Waals surface area contributed by atoms with Crippen molar-refractivity contribution in [2.75, 3.05) is 37.4 Å². The van der Waals surface area contributed by atoms with Gasteiger partial charge in [0.15, 0.2) is 11.5 Å². The first-order chi connectivity index (χ1) is 17.7. The Balaban J connectivity index is 1.76. The van der Waals surface area contributed by atoms with Gasteiger partial charge in [0.2, 0.25) is 0 Å². The molecule has 3 aromatic rings. The molecule has 9 nitrogen and oxygen atoms in total. The number of benzene rings is 3. The molecule has 0 bridgehead atoms. The number of unbranched alkanes of at least 4 members (excludes halogenated alkanes) is 1. The average molecular weight is 526 g/mol. The molecule has 0 saturated carbocycles. The predicted octanol–water partition coefficient (Wildman–Crippen LogP) is 4.31. The number of nitrogens with one attached hydrogen (secondary N) is 2. The lowest BCUT2D eigenvalue weighted by Gasteiger charge is -2.20. The Morgan fingerprint density at radius 1 is 0.892 bits per heavy atom. The van der Waals surface area contributed by atoms with E-state index in [4.69, 9.17) is 9.47 Å². The SMILES string of the molecule is CCCCNC(=O)c1ccccc1NC(=O)c1ccc(N(C)S(=O)(=O)c2ccc(OC)c(OC)c2)cc1. The maximum atomic E-state index is 13.2. The third kappa shape index (κ3) is 6.39. The normalized spacial score (nSPS) is 10.9. The summed E-state index contributed by atoms with van der Waals surface area (Å²) >= 11 is 0. The number of rotatable bonds is 11. The van der Waals surface area contributed by atoms with Crippen LogP contribution >= 0.6 is 0 Å². The van der Waals surface area contributed by atoms with Crippen molar-refractivity contribution >= 4 is 33.2 Å². The largest absolute Gasteiger partial charge is 0.493 e. The molecule has 0 heterocycles. The number of sulfonamides is 1. The second-order valence-electron chi connectivity index (χ2n) is 8.15. The number of carbonyl (C=O) groups is 2. The highest BCUT2D eigenvalue weighted by atomic mass is 32.2. The van der Waals surface area contributed by atoms with E-state index >= 15 is 0 Å². The first-order valence-electron chi connectivity index (χ1n) is 11.7. The molecule has 37 heavy (non-hydrogen) atoms. The minimum Gasteiger partial charge on any atom is -0.493 e. The summed E-state index contributed by atoms with van der Waals surface area (Å²) in [6, 6.07) is 17.2. The predicted molar refractivity (Wildman–Crippen MR) is 143 cm³/mol. The Morgan fingerprint density at radius 3 is 2.22 bits per heavy atom. The molecular weight excluding hydrogens is 494 g/mol. The van der Waals surface area contributed by atoms with E-state index in [1.54, 1.807) is 24.3 Å². The smallest absolute Gasteiger partial charge is 0.264 e. The van der Waals surface area contributed by atoms with Crippen LogP contribution in [0.25, 0.3) is 0 Å². The summed E-state index contributed by atoms with van der Waals surface area (Å²) in [5.41, 5.74) is 1.42. The maximum Gasteiger partial charge on any atom is 0.264 e. The lowest BCUT2D eigenvalue weighted by molar-refractivity contribution is 0.0954. The van der Waals surface area contributed by atoms with Gasteiger partial charge in [-0.2, -0.15) is 0 Å². The quantitative estimate of drug-likeness (QED) is 0.361. The van der Waals surface area contributed by atoms with Gasteiger partial charge in [0.05, 0.1) is 36.1 Å². The molecular formula is C27H31N3O6S. The summed E-state index contributed by atoms with van der Waals surface area (Å²) in [7, 11) is 0.420. The lowest BCUT2D eigenvalue weighted by Crippen LogP contribution is -2.27. The van der Waals surface area contributed by atoms with Crippen molar-refractivity contribution in [3.8, 4) is 11.5 Å². The summed E-state index contributed by atoms with van der Waals surface area (Å²) in [5.74, 6) is 0.0234. The maximum absolute atomic E-state index is 13.2. The first kappa shape index (κ1) is 27.5. The van der Waals surface area contributed by atoms with E-state index in [1.165, 1.54) is 63.7 Å². The minimum absolute atomic E-state index is 0.0308. The third-order valence-electron chi connectivity index (χ3n) is 5.74. The summed E-state index contributed by atoms with van der Waals surface area (Å²) < 4.78 is 37.8. The average Bonchev–Trinajstić information content (AvgIpc) is 2.92. The van der Waals surface area contributed by atoms with Crippen molar-refractivity contribution in [2.45, 2.75) is 24.7 Å². The molecule has 0 unspecified atom stereocenters. The standard InChI is InChI=1S/C27H31N3O6S/c1-5-6-17-28-27(32)22-9-7-8-10-23(22)29-26(31)19-11-13-20(14-12-19)30(2)37(33,34)21-15-16-24(35-3)25(18-21)36-4/h7-16,18H,5-6,17H2,1-4H3,(H,28,32)(H,29,31). The van der Waals surface area contributed by atoms with E-state index in [0.29, 0.717) is 40.5 Å². The van der Waals surface area contributed by atoms with Gasteiger partial charge in [0.1, 0.15) is 0 Å². The fraction of sp³-hybridized carbons (Fsp3) is 0.259. The van der Waals surface area contributed by atoms with E-state index in [-0.39, 0.29) is 10.8 Å². The summed E-state index contributed by atoms with van der Waals surface area (Å²) in [4.78, 5) is 25.4. The van der Waals surface area contributed by atoms with Crippen LogP contribution in [0.15, 0.2) is 71.6 Å². The zero-order valence-electron chi connectivity index (χ0n) is 21.3. The van der Waals surface area contributed by atoms with Gasteiger partial charge in [-0.1, -0.05) is 25.5 Å². The number of para-hydroxylation sites is 1. The number of ether oxygens (including phenoxy) is 2. The van der Waals surface area contributed by atoms with Gasteiger partial charge >= 0.3 is 0 Å². The molecule has 3 aromatic carbocycles. The van der Waals surface area contributed by atoms with Crippen molar-refractivity contribution in [3.63, 3.8) is 0 Å². The van der Waals surface area contributed by atoms with Gasteiger partial charge in [-0.05, 0) is 55.0 Å². The summed E-state index contributed by atoms with van der Waals surface area (Å²) in [5, 5.41) is 5.62. The molecule has 0 atom stereocenters. The van der Waals surface area contributed by atoms with Crippen LogP contribution in [0.2, 0.25) is 0 Å². The van der Waals surface area contributed by atoms with Gasteiger partial charge in [-0.25, -0.2) is 8.42 Å². The number of hydrogen-bond donors (Lipinski definition) is 2.